The number of para-hydroxylation sites is 5. The van der Waals surface area contributed by atoms with E-state index in [-0.39, 0.29) is 0 Å². The molecule has 3 aromatic heterocycles. The van der Waals surface area contributed by atoms with Crippen molar-refractivity contribution in [2.75, 3.05) is 9.80 Å². The molecule has 0 amide bonds. The van der Waals surface area contributed by atoms with E-state index in [0.717, 1.165) is 67.2 Å². The Morgan fingerprint density at radius 2 is 0.806 bits per heavy atom. The van der Waals surface area contributed by atoms with Crippen molar-refractivity contribution in [3.05, 3.63) is 224 Å². The minimum atomic E-state index is 0.888. The quantitative estimate of drug-likeness (QED) is 0.119. The normalized spacial score (nSPS) is 11.9. The van der Waals surface area contributed by atoms with E-state index in [0.29, 0.717) is 0 Å². The Balaban J connectivity index is 0.899. The molecule has 3 heterocycles. The highest BCUT2D eigenvalue weighted by Gasteiger charge is 2.21. The highest BCUT2D eigenvalue weighted by atomic mass is 16.3. The number of nitrogens with zero attached hydrogens (tertiary/aromatic N) is 3. The van der Waals surface area contributed by atoms with Crippen LogP contribution in [0.5, 0.6) is 0 Å². The van der Waals surface area contributed by atoms with E-state index >= 15 is 0 Å². The van der Waals surface area contributed by atoms with Crippen LogP contribution in [0.15, 0.2) is 229 Å². The van der Waals surface area contributed by atoms with Gasteiger partial charge in [-0.3, -0.25) is 0 Å². The molecule has 10 aromatic carbocycles. The van der Waals surface area contributed by atoms with Crippen molar-refractivity contribution in [2.45, 2.75) is 0 Å². The number of pyridine rings is 1. The van der Waals surface area contributed by atoms with Crippen molar-refractivity contribution >= 4 is 105 Å². The number of hydrogen-bond acceptors (Lipinski definition) is 3. The SMILES string of the molecule is c1ccc(N(c2ccc(-c3ccc(N(c4ccccc4)c4cc5cccc6c5c(c4)c4cccc5c7ccccc7n6c45)cc3)cc2)c2ccc3oc4ccccc4c3c2)cc1. The Bertz CT molecular complexity index is 3790. The lowest BCUT2D eigenvalue weighted by Crippen LogP contribution is -2.10. The average Bonchev–Trinajstić information content (AvgIpc) is 3.88. The Hall–Kier alpha value is -8.34. The van der Waals surface area contributed by atoms with Crippen LogP contribution in [0.1, 0.15) is 0 Å². The molecule has 0 aliphatic heterocycles. The second-order valence-electron chi connectivity index (χ2n) is 16.1. The van der Waals surface area contributed by atoms with E-state index < -0.39 is 0 Å². The second-order valence-corrected chi connectivity index (χ2v) is 16.1. The van der Waals surface area contributed by atoms with Crippen LogP contribution in [0.25, 0.3) is 81.9 Å². The molecule has 0 N–H and O–H groups in total. The third-order valence-corrected chi connectivity index (χ3v) is 12.7. The van der Waals surface area contributed by atoms with Crippen LogP contribution in [0, 0.1) is 0 Å². The number of furan rings is 1. The van der Waals surface area contributed by atoms with Crippen LogP contribution in [0.2, 0.25) is 0 Å². The summed E-state index contributed by atoms with van der Waals surface area (Å²) in [7, 11) is 0. The van der Waals surface area contributed by atoms with Crippen LogP contribution in [0.3, 0.4) is 0 Å². The van der Waals surface area contributed by atoms with Gasteiger partial charge in [0.2, 0.25) is 0 Å². The van der Waals surface area contributed by atoms with Crippen LogP contribution in [-0.4, -0.2) is 4.40 Å². The lowest BCUT2D eigenvalue weighted by molar-refractivity contribution is 0.669. The molecule has 0 atom stereocenters. The topological polar surface area (TPSA) is 24.0 Å². The summed E-state index contributed by atoms with van der Waals surface area (Å²) in [5.41, 5.74) is 14.4. The highest BCUT2D eigenvalue weighted by molar-refractivity contribution is 6.27. The summed E-state index contributed by atoms with van der Waals surface area (Å²) in [6, 6.07) is 80.9. The molecule has 0 fully saturated rings. The summed E-state index contributed by atoms with van der Waals surface area (Å²) in [4.78, 5) is 4.70. The van der Waals surface area contributed by atoms with Crippen molar-refractivity contribution < 1.29 is 4.42 Å². The largest absolute Gasteiger partial charge is 0.456 e. The maximum absolute atomic E-state index is 6.18. The van der Waals surface area contributed by atoms with Gasteiger partial charge in [-0.2, -0.15) is 0 Å². The molecular formula is C58H37N3O. The van der Waals surface area contributed by atoms with Gasteiger partial charge in [0.15, 0.2) is 0 Å². The maximum Gasteiger partial charge on any atom is 0.135 e. The van der Waals surface area contributed by atoms with E-state index in [2.05, 4.69) is 227 Å². The fourth-order valence-electron chi connectivity index (χ4n) is 9.91. The number of benzene rings is 10. The highest BCUT2D eigenvalue weighted by Crippen LogP contribution is 2.45. The average molecular weight is 792 g/mol. The monoisotopic (exact) mass is 791 g/mol. The minimum absolute atomic E-state index is 0.888. The number of anilines is 6. The van der Waals surface area contributed by atoms with E-state index in [9.17, 15) is 0 Å². The predicted molar refractivity (Wildman–Crippen MR) is 261 cm³/mol. The zero-order chi connectivity index (χ0) is 40.7. The first kappa shape index (κ1) is 34.5. The number of fused-ring (bicyclic) bond motifs is 8. The van der Waals surface area contributed by atoms with Gasteiger partial charge >= 0.3 is 0 Å². The molecule has 0 aliphatic rings. The first-order valence-corrected chi connectivity index (χ1v) is 21.2. The van der Waals surface area contributed by atoms with Crippen molar-refractivity contribution in [3.8, 4) is 11.1 Å². The molecule has 13 aromatic rings. The summed E-state index contributed by atoms with van der Waals surface area (Å²) in [6.07, 6.45) is 0. The van der Waals surface area contributed by atoms with Gasteiger partial charge in [0.1, 0.15) is 11.2 Å². The molecular weight excluding hydrogens is 755 g/mol. The fraction of sp³-hybridized carbons (Fsp3) is 0. The molecule has 4 heteroatoms. The van der Waals surface area contributed by atoms with Gasteiger partial charge in [-0.25, -0.2) is 0 Å². The molecule has 0 unspecified atom stereocenters. The zero-order valence-corrected chi connectivity index (χ0v) is 33.6. The molecule has 62 heavy (non-hydrogen) atoms. The Morgan fingerprint density at radius 1 is 0.306 bits per heavy atom. The van der Waals surface area contributed by atoms with Crippen LogP contribution >= 0.6 is 0 Å². The van der Waals surface area contributed by atoms with Crippen molar-refractivity contribution in [2.24, 2.45) is 0 Å². The smallest absolute Gasteiger partial charge is 0.135 e. The molecule has 0 saturated heterocycles. The lowest BCUT2D eigenvalue weighted by Gasteiger charge is -2.27. The standard InChI is InChI=1S/C58H37N3O/c1-3-14-41(15-4-1)59(45-33-34-56-51(36-45)48-19-8-10-24-55(48)62-56)43-29-25-38(26-30-43)39-27-31-44(32-28-39)60(42-16-5-2-6-17-42)46-35-40-13-11-23-54-57(40)52(37-46)50-21-12-20-49-47-18-7-9-22-53(47)61(54)58(49)50/h1-37H. The van der Waals surface area contributed by atoms with Gasteiger partial charge in [0, 0.05) is 66.4 Å². The third kappa shape index (κ3) is 5.27. The van der Waals surface area contributed by atoms with Crippen LogP contribution in [-0.2, 0) is 0 Å². The summed E-state index contributed by atoms with van der Waals surface area (Å²) >= 11 is 0. The molecule has 0 radical (unpaired) electrons. The molecule has 13 rings (SSSR count). The van der Waals surface area contributed by atoms with Crippen molar-refractivity contribution in [1.82, 2.24) is 4.40 Å². The second kappa shape index (κ2) is 13.6. The van der Waals surface area contributed by atoms with Gasteiger partial charge in [-0.05, 0) is 119 Å². The van der Waals surface area contributed by atoms with Gasteiger partial charge < -0.3 is 18.6 Å². The minimum Gasteiger partial charge on any atom is -0.456 e. The third-order valence-electron chi connectivity index (χ3n) is 12.7. The predicted octanol–water partition coefficient (Wildman–Crippen LogP) is 16.5. The van der Waals surface area contributed by atoms with E-state index in [1.807, 2.05) is 12.1 Å². The molecule has 4 nitrogen and oxygen atoms in total. The summed E-state index contributed by atoms with van der Waals surface area (Å²) in [5, 5.41) is 9.81. The first-order valence-electron chi connectivity index (χ1n) is 21.2. The van der Waals surface area contributed by atoms with Gasteiger partial charge in [-0.1, -0.05) is 127 Å². The van der Waals surface area contributed by atoms with Gasteiger partial charge in [0.25, 0.3) is 0 Å². The fourth-order valence-corrected chi connectivity index (χ4v) is 9.91. The van der Waals surface area contributed by atoms with Gasteiger partial charge in [-0.15, -0.1) is 0 Å². The van der Waals surface area contributed by atoms with Crippen molar-refractivity contribution in [3.63, 3.8) is 0 Å². The van der Waals surface area contributed by atoms with Gasteiger partial charge in [0.05, 0.1) is 16.6 Å². The molecule has 0 saturated carbocycles. The summed E-state index contributed by atoms with van der Waals surface area (Å²) in [6.45, 7) is 0. The summed E-state index contributed by atoms with van der Waals surface area (Å²) in [5.74, 6) is 0. The Labute approximate surface area is 357 Å². The molecule has 0 bridgehead atoms. The lowest BCUT2D eigenvalue weighted by atomic mass is 9.97. The van der Waals surface area contributed by atoms with E-state index in [1.54, 1.807) is 0 Å². The maximum atomic E-state index is 6.18. The number of rotatable bonds is 7. The van der Waals surface area contributed by atoms with E-state index in [1.165, 1.54) is 48.9 Å². The first-order chi connectivity index (χ1) is 30.7. The molecule has 0 spiro atoms. The van der Waals surface area contributed by atoms with Crippen molar-refractivity contribution in [1.29, 1.82) is 0 Å². The Morgan fingerprint density at radius 3 is 1.52 bits per heavy atom. The van der Waals surface area contributed by atoms with Crippen LogP contribution in [0.4, 0.5) is 34.1 Å². The number of aromatic nitrogens is 1. The van der Waals surface area contributed by atoms with E-state index in [4.69, 9.17) is 4.42 Å². The Kier molecular flexibility index (Phi) is 7.57. The summed E-state index contributed by atoms with van der Waals surface area (Å²) < 4.78 is 8.65. The zero-order valence-electron chi connectivity index (χ0n) is 33.6. The molecule has 0 aliphatic carbocycles. The molecule has 290 valence electrons. The van der Waals surface area contributed by atoms with Crippen LogP contribution < -0.4 is 9.80 Å². The number of hydrogen-bond donors (Lipinski definition) is 0.